The minimum atomic E-state index is 0.351. The van der Waals surface area contributed by atoms with E-state index in [4.69, 9.17) is 0 Å². The molecule has 1 fully saturated rings. The number of nitrogens with zero attached hydrogens (tertiary/aromatic N) is 2. The Morgan fingerprint density at radius 3 is 2.37 bits per heavy atom. The van der Waals surface area contributed by atoms with Crippen LogP contribution in [0.4, 0.5) is 0 Å². The molecule has 0 spiro atoms. The molecule has 1 N–H and O–H groups in total. The van der Waals surface area contributed by atoms with Crippen molar-refractivity contribution in [3.63, 3.8) is 0 Å². The molecular formula is C16H35N3. The Labute approximate surface area is 120 Å². The van der Waals surface area contributed by atoms with E-state index < -0.39 is 0 Å². The molecule has 3 heteroatoms. The average Bonchev–Trinajstić information content (AvgIpc) is 2.37. The summed E-state index contributed by atoms with van der Waals surface area (Å²) < 4.78 is 0. The van der Waals surface area contributed by atoms with E-state index in [0.29, 0.717) is 11.6 Å². The summed E-state index contributed by atoms with van der Waals surface area (Å²) in [5, 5.41) is 3.84. The summed E-state index contributed by atoms with van der Waals surface area (Å²) in [7, 11) is 4.33. The highest BCUT2D eigenvalue weighted by Crippen LogP contribution is 2.25. The topological polar surface area (TPSA) is 18.5 Å². The first-order valence-corrected chi connectivity index (χ1v) is 8.08. The molecule has 1 aliphatic heterocycles. The summed E-state index contributed by atoms with van der Waals surface area (Å²) in [6, 6.07) is 0.702. The van der Waals surface area contributed by atoms with Crippen molar-refractivity contribution in [3.05, 3.63) is 0 Å². The van der Waals surface area contributed by atoms with E-state index in [2.05, 4.69) is 56.9 Å². The van der Waals surface area contributed by atoms with E-state index >= 15 is 0 Å². The molecule has 1 rings (SSSR count). The van der Waals surface area contributed by atoms with Gasteiger partial charge in [-0.05, 0) is 52.4 Å². The predicted octanol–water partition coefficient (Wildman–Crippen LogP) is 2.43. The van der Waals surface area contributed by atoms with Gasteiger partial charge in [0.15, 0.2) is 0 Å². The molecule has 114 valence electrons. The lowest BCUT2D eigenvalue weighted by molar-refractivity contribution is 0.0482. The van der Waals surface area contributed by atoms with Crippen molar-refractivity contribution in [1.82, 2.24) is 15.1 Å². The van der Waals surface area contributed by atoms with Crippen molar-refractivity contribution in [1.29, 1.82) is 0 Å². The van der Waals surface area contributed by atoms with Gasteiger partial charge in [0.2, 0.25) is 0 Å². The van der Waals surface area contributed by atoms with Gasteiger partial charge in [0.25, 0.3) is 0 Å². The van der Waals surface area contributed by atoms with E-state index in [0.717, 1.165) is 12.5 Å². The van der Waals surface area contributed by atoms with Crippen LogP contribution in [-0.2, 0) is 0 Å². The first kappa shape index (κ1) is 16.9. The first-order valence-electron chi connectivity index (χ1n) is 8.08. The van der Waals surface area contributed by atoms with Crippen LogP contribution >= 0.6 is 0 Å². The van der Waals surface area contributed by atoms with E-state index in [-0.39, 0.29) is 0 Å². The Balaban J connectivity index is 2.62. The highest BCUT2D eigenvalue weighted by molar-refractivity contribution is 4.97. The molecule has 1 saturated heterocycles. The number of piperazine rings is 1. The van der Waals surface area contributed by atoms with Gasteiger partial charge >= 0.3 is 0 Å². The minimum absolute atomic E-state index is 0.351. The van der Waals surface area contributed by atoms with Crippen LogP contribution in [0.5, 0.6) is 0 Å². The molecule has 19 heavy (non-hydrogen) atoms. The molecular weight excluding hydrogens is 234 g/mol. The van der Waals surface area contributed by atoms with E-state index in [1.165, 1.54) is 38.9 Å². The van der Waals surface area contributed by atoms with Crippen LogP contribution in [0, 0.1) is 5.92 Å². The monoisotopic (exact) mass is 269 g/mol. The third kappa shape index (κ3) is 4.73. The molecule has 0 aromatic carbocycles. The lowest BCUT2D eigenvalue weighted by atomic mass is 9.86. The van der Waals surface area contributed by atoms with Crippen molar-refractivity contribution in [3.8, 4) is 0 Å². The van der Waals surface area contributed by atoms with Crippen molar-refractivity contribution in [2.75, 3.05) is 40.3 Å². The van der Waals surface area contributed by atoms with Crippen LogP contribution in [0.15, 0.2) is 0 Å². The zero-order chi connectivity index (χ0) is 14.5. The fourth-order valence-electron chi connectivity index (χ4n) is 3.23. The fraction of sp³-hybridized carbons (Fsp3) is 1.00. The second-order valence-electron chi connectivity index (χ2n) is 6.81. The normalized spacial score (nSPS) is 24.3. The average molecular weight is 269 g/mol. The van der Waals surface area contributed by atoms with E-state index in [1.54, 1.807) is 0 Å². The van der Waals surface area contributed by atoms with Crippen molar-refractivity contribution in [2.45, 2.75) is 58.5 Å². The molecule has 1 heterocycles. The van der Waals surface area contributed by atoms with Crippen LogP contribution < -0.4 is 5.32 Å². The zero-order valence-corrected chi connectivity index (χ0v) is 14.0. The minimum Gasteiger partial charge on any atom is -0.309 e. The second kappa shape index (κ2) is 7.61. The Hall–Kier alpha value is -0.120. The molecule has 0 aromatic rings. The highest BCUT2D eigenvalue weighted by atomic mass is 15.3. The molecule has 0 aliphatic carbocycles. The van der Waals surface area contributed by atoms with Gasteiger partial charge in [-0.1, -0.05) is 27.7 Å². The number of rotatable bonds is 7. The highest BCUT2D eigenvalue weighted by Gasteiger charge is 2.37. The number of hydrogen-bond donors (Lipinski definition) is 1. The van der Waals surface area contributed by atoms with Gasteiger partial charge in [-0.2, -0.15) is 0 Å². The maximum atomic E-state index is 3.84. The zero-order valence-electron chi connectivity index (χ0n) is 14.0. The van der Waals surface area contributed by atoms with Gasteiger partial charge in [-0.3, -0.25) is 4.90 Å². The summed E-state index contributed by atoms with van der Waals surface area (Å²) in [5.74, 6) is 0.735. The van der Waals surface area contributed by atoms with Crippen molar-refractivity contribution in [2.24, 2.45) is 5.92 Å². The molecule has 0 aromatic heterocycles. The van der Waals surface area contributed by atoms with Crippen LogP contribution in [-0.4, -0.2) is 61.7 Å². The quantitative estimate of drug-likeness (QED) is 0.766. The Kier molecular flexibility index (Phi) is 6.78. The summed E-state index contributed by atoms with van der Waals surface area (Å²) in [5.41, 5.74) is 0.351. The third-order valence-corrected chi connectivity index (χ3v) is 4.83. The third-order valence-electron chi connectivity index (χ3n) is 4.83. The van der Waals surface area contributed by atoms with Gasteiger partial charge < -0.3 is 10.2 Å². The Morgan fingerprint density at radius 1 is 1.26 bits per heavy atom. The van der Waals surface area contributed by atoms with Crippen LogP contribution in [0.1, 0.15) is 47.0 Å². The van der Waals surface area contributed by atoms with Crippen molar-refractivity contribution >= 4 is 0 Å². The molecule has 0 saturated carbocycles. The SMILES string of the molecule is CCC1(CC)CN(CCCN(C)C)C(C(C)C)CN1. The van der Waals surface area contributed by atoms with Gasteiger partial charge in [-0.25, -0.2) is 0 Å². The second-order valence-corrected chi connectivity index (χ2v) is 6.81. The largest absolute Gasteiger partial charge is 0.309 e. The molecule has 3 nitrogen and oxygen atoms in total. The lowest BCUT2D eigenvalue weighted by Crippen LogP contribution is -2.65. The fourth-order valence-corrected chi connectivity index (χ4v) is 3.23. The maximum Gasteiger partial charge on any atom is 0.0304 e. The molecule has 1 unspecified atom stereocenters. The number of hydrogen-bond acceptors (Lipinski definition) is 3. The van der Waals surface area contributed by atoms with Gasteiger partial charge in [0.1, 0.15) is 0 Å². The van der Waals surface area contributed by atoms with Gasteiger partial charge in [0, 0.05) is 24.7 Å². The Bertz CT molecular complexity index is 246. The molecule has 0 bridgehead atoms. The van der Waals surface area contributed by atoms with Gasteiger partial charge in [-0.15, -0.1) is 0 Å². The van der Waals surface area contributed by atoms with Crippen molar-refractivity contribution < 1.29 is 0 Å². The summed E-state index contributed by atoms with van der Waals surface area (Å²) in [6.07, 6.45) is 3.75. The summed E-state index contributed by atoms with van der Waals surface area (Å²) in [6.45, 7) is 14.2. The number of nitrogens with one attached hydrogen (secondary N) is 1. The Morgan fingerprint density at radius 2 is 1.89 bits per heavy atom. The predicted molar refractivity (Wildman–Crippen MR) is 84.7 cm³/mol. The molecule has 0 radical (unpaired) electrons. The standard InChI is InChI=1S/C16H35N3/c1-7-16(8-2)13-19(11-9-10-18(5)6)15(12-17-16)14(3)4/h14-15,17H,7-13H2,1-6H3. The van der Waals surface area contributed by atoms with E-state index in [1.807, 2.05) is 0 Å². The molecule has 1 aliphatic rings. The summed E-state index contributed by atoms with van der Waals surface area (Å²) >= 11 is 0. The first-order chi connectivity index (χ1) is 8.94. The van der Waals surface area contributed by atoms with Crippen LogP contribution in [0.25, 0.3) is 0 Å². The maximum absolute atomic E-state index is 3.84. The molecule has 0 amide bonds. The van der Waals surface area contributed by atoms with E-state index in [9.17, 15) is 0 Å². The smallest absolute Gasteiger partial charge is 0.0304 e. The van der Waals surface area contributed by atoms with Crippen LogP contribution in [0.2, 0.25) is 0 Å². The van der Waals surface area contributed by atoms with Gasteiger partial charge in [0.05, 0.1) is 0 Å². The molecule has 1 atom stereocenters. The summed E-state index contributed by atoms with van der Waals surface area (Å²) in [4.78, 5) is 5.04. The van der Waals surface area contributed by atoms with Crippen LogP contribution in [0.3, 0.4) is 0 Å². The lowest BCUT2D eigenvalue weighted by Gasteiger charge is -2.49.